The summed E-state index contributed by atoms with van der Waals surface area (Å²) in [5, 5.41) is 12.8. The summed E-state index contributed by atoms with van der Waals surface area (Å²) >= 11 is 3.35. The van der Waals surface area contributed by atoms with Crippen LogP contribution in [0.5, 0.6) is 0 Å². The number of para-hydroxylation sites is 1. The number of nitrogens with zero attached hydrogens (tertiary/aromatic N) is 2. The Labute approximate surface area is 158 Å². The summed E-state index contributed by atoms with van der Waals surface area (Å²) in [6.07, 6.45) is 0.309. The van der Waals surface area contributed by atoms with Crippen LogP contribution in [0.25, 0.3) is 0 Å². The van der Waals surface area contributed by atoms with Crippen LogP contribution < -0.4 is 10.2 Å². The molecule has 1 aromatic carbocycles. The Balaban J connectivity index is 1.49. The average molecular weight is 380 g/mol. The van der Waals surface area contributed by atoms with E-state index < -0.39 is 0 Å². The van der Waals surface area contributed by atoms with Crippen LogP contribution >= 0.6 is 23.1 Å². The second-order valence-corrected chi connectivity index (χ2v) is 9.16. The van der Waals surface area contributed by atoms with Crippen molar-refractivity contribution in [1.29, 1.82) is 0 Å². The zero-order chi connectivity index (χ0) is 17.6. The van der Waals surface area contributed by atoms with E-state index in [9.17, 15) is 0 Å². The molecule has 2 heterocycles. The van der Waals surface area contributed by atoms with Gasteiger partial charge in [0.2, 0.25) is 5.13 Å². The topological polar surface area (TPSA) is 51.5 Å². The SMILES string of the molecule is Cc1ccccc1Nc1nnc(SC[C@@H]2C[NH+](CC(C)C)CCO2)s1. The molecule has 25 heavy (non-hydrogen) atoms. The fourth-order valence-electron chi connectivity index (χ4n) is 3.03. The molecule has 0 saturated carbocycles. The maximum atomic E-state index is 5.93. The molecule has 7 heteroatoms. The van der Waals surface area contributed by atoms with E-state index in [-0.39, 0.29) is 0 Å². The molecule has 0 radical (unpaired) electrons. The second kappa shape index (κ2) is 8.98. The van der Waals surface area contributed by atoms with Gasteiger partial charge < -0.3 is 15.0 Å². The Kier molecular flexibility index (Phi) is 6.70. The highest BCUT2D eigenvalue weighted by Crippen LogP contribution is 2.29. The molecule has 1 fully saturated rings. The average Bonchev–Trinajstić information content (AvgIpc) is 3.02. The quantitative estimate of drug-likeness (QED) is 0.725. The van der Waals surface area contributed by atoms with Gasteiger partial charge in [0, 0.05) is 17.4 Å². The van der Waals surface area contributed by atoms with Crippen molar-refractivity contribution in [1.82, 2.24) is 10.2 Å². The van der Waals surface area contributed by atoms with Crippen LogP contribution in [0.2, 0.25) is 0 Å². The zero-order valence-corrected chi connectivity index (χ0v) is 16.8. The molecule has 2 atom stereocenters. The summed E-state index contributed by atoms with van der Waals surface area (Å²) in [5.41, 5.74) is 2.29. The first kappa shape index (κ1) is 18.6. The number of ether oxygens (including phenoxy) is 1. The Morgan fingerprint density at radius 1 is 1.36 bits per heavy atom. The van der Waals surface area contributed by atoms with Gasteiger partial charge in [0.25, 0.3) is 0 Å². The Morgan fingerprint density at radius 2 is 2.20 bits per heavy atom. The van der Waals surface area contributed by atoms with Gasteiger partial charge in [-0.05, 0) is 18.6 Å². The molecule has 0 bridgehead atoms. The van der Waals surface area contributed by atoms with Gasteiger partial charge in [-0.15, -0.1) is 10.2 Å². The van der Waals surface area contributed by atoms with E-state index in [4.69, 9.17) is 4.74 Å². The van der Waals surface area contributed by atoms with Gasteiger partial charge in [-0.3, -0.25) is 0 Å². The molecule has 1 aliphatic rings. The van der Waals surface area contributed by atoms with E-state index in [0.717, 1.165) is 46.5 Å². The fourth-order valence-corrected chi connectivity index (χ4v) is 4.84. The van der Waals surface area contributed by atoms with Gasteiger partial charge in [-0.1, -0.05) is 55.1 Å². The van der Waals surface area contributed by atoms with Crippen molar-refractivity contribution in [2.45, 2.75) is 31.2 Å². The number of morpholine rings is 1. The van der Waals surface area contributed by atoms with Gasteiger partial charge in [-0.25, -0.2) is 0 Å². The minimum atomic E-state index is 0.309. The van der Waals surface area contributed by atoms with Crippen LogP contribution in [-0.4, -0.2) is 48.3 Å². The molecule has 5 nitrogen and oxygen atoms in total. The summed E-state index contributed by atoms with van der Waals surface area (Å²) in [4.78, 5) is 1.66. The lowest BCUT2D eigenvalue weighted by Gasteiger charge is -2.30. The largest absolute Gasteiger partial charge is 0.366 e. The number of hydrogen-bond donors (Lipinski definition) is 2. The van der Waals surface area contributed by atoms with Crippen LogP contribution in [-0.2, 0) is 4.74 Å². The monoisotopic (exact) mass is 379 g/mol. The van der Waals surface area contributed by atoms with Gasteiger partial charge in [0.05, 0.1) is 13.2 Å². The summed E-state index contributed by atoms with van der Waals surface area (Å²) < 4.78 is 6.92. The number of thioether (sulfide) groups is 1. The molecule has 1 saturated heterocycles. The highest BCUT2D eigenvalue weighted by molar-refractivity contribution is 8.01. The molecule has 0 amide bonds. The molecule has 0 spiro atoms. The van der Waals surface area contributed by atoms with Crippen LogP contribution in [0.15, 0.2) is 28.6 Å². The molecule has 1 unspecified atom stereocenters. The summed E-state index contributed by atoms with van der Waals surface area (Å²) in [5.74, 6) is 1.68. The number of hydrogen-bond acceptors (Lipinski definition) is 6. The van der Waals surface area contributed by atoms with Crippen LogP contribution in [0, 0.1) is 12.8 Å². The molecule has 2 N–H and O–H groups in total. The molecular formula is C18H27N4OS2+. The van der Waals surface area contributed by atoms with Crippen molar-refractivity contribution in [2.75, 3.05) is 37.3 Å². The summed E-state index contributed by atoms with van der Waals surface area (Å²) in [6, 6.07) is 8.21. The number of aromatic nitrogens is 2. The van der Waals surface area contributed by atoms with Crippen molar-refractivity contribution in [3.63, 3.8) is 0 Å². The predicted octanol–water partition coefficient (Wildman–Crippen LogP) is 2.62. The first-order valence-corrected chi connectivity index (χ1v) is 10.6. The highest BCUT2D eigenvalue weighted by atomic mass is 32.2. The highest BCUT2D eigenvalue weighted by Gasteiger charge is 2.24. The third-order valence-corrected chi connectivity index (χ3v) is 6.31. The van der Waals surface area contributed by atoms with E-state index in [2.05, 4.69) is 48.4 Å². The van der Waals surface area contributed by atoms with Crippen molar-refractivity contribution in [2.24, 2.45) is 5.92 Å². The van der Waals surface area contributed by atoms with Crippen molar-refractivity contribution < 1.29 is 9.64 Å². The maximum Gasteiger partial charge on any atom is 0.210 e. The molecular weight excluding hydrogens is 352 g/mol. The van der Waals surface area contributed by atoms with Crippen LogP contribution in [0.1, 0.15) is 19.4 Å². The zero-order valence-electron chi connectivity index (χ0n) is 15.1. The van der Waals surface area contributed by atoms with E-state index >= 15 is 0 Å². The lowest BCUT2D eigenvalue weighted by molar-refractivity contribution is -0.914. The summed E-state index contributed by atoms with van der Waals surface area (Å²) in [7, 11) is 0. The Hall–Kier alpha value is -1.15. The number of benzene rings is 1. The van der Waals surface area contributed by atoms with Gasteiger partial charge >= 0.3 is 0 Å². The first-order chi connectivity index (χ1) is 12.1. The van der Waals surface area contributed by atoms with E-state index in [1.807, 2.05) is 12.1 Å². The Bertz CT molecular complexity index is 677. The van der Waals surface area contributed by atoms with E-state index in [1.165, 1.54) is 12.1 Å². The summed E-state index contributed by atoms with van der Waals surface area (Å²) in [6.45, 7) is 11.0. The fraction of sp³-hybridized carbons (Fsp3) is 0.556. The number of nitrogens with one attached hydrogen (secondary N) is 2. The van der Waals surface area contributed by atoms with Crippen molar-refractivity contribution in [3.05, 3.63) is 29.8 Å². The standard InChI is InChI=1S/C18H26N4OS2/c1-13(2)10-22-8-9-23-15(11-22)12-24-18-21-20-17(25-18)19-16-7-5-4-6-14(16)3/h4-7,13,15H,8-12H2,1-3H3,(H,19,20)/p+1/t15-/m0/s1. The second-order valence-electron chi connectivity index (χ2n) is 6.92. The van der Waals surface area contributed by atoms with Gasteiger partial charge in [0.1, 0.15) is 19.2 Å². The number of rotatable bonds is 7. The lowest BCUT2D eigenvalue weighted by atomic mass is 10.2. The number of anilines is 2. The third-order valence-electron chi connectivity index (χ3n) is 4.21. The van der Waals surface area contributed by atoms with Crippen molar-refractivity contribution in [3.8, 4) is 0 Å². The molecule has 3 rings (SSSR count). The van der Waals surface area contributed by atoms with Crippen LogP contribution in [0.3, 0.4) is 0 Å². The predicted molar refractivity (Wildman–Crippen MR) is 105 cm³/mol. The van der Waals surface area contributed by atoms with E-state index in [0.29, 0.717) is 6.10 Å². The lowest BCUT2D eigenvalue weighted by Crippen LogP contribution is -3.15. The van der Waals surface area contributed by atoms with Gasteiger partial charge in [-0.2, -0.15) is 0 Å². The van der Waals surface area contributed by atoms with Crippen LogP contribution in [0.4, 0.5) is 10.8 Å². The smallest absolute Gasteiger partial charge is 0.210 e. The normalized spacial score (nSPS) is 20.8. The Morgan fingerprint density at radius 3 is 3.00 bits per heavy atom. The van der Waals surface area contributed by atoms with Crippen molar-refractivity contribution >= 4 is 33.9 Å². The van der Waals surface area contributed by atoms with E-state index in [1.54, 1.807) is 28.0 Å². The molecule has 0 aliphatic carbocycles. The third kappa shape index (κ3) is 5.67. The minimum Gasteiger partial charge on any atom is -0.366 e. The van der Waals surface area contributed by atoms with Gasteiger partial charge in [0.15, 0.2) is 4.34 Å². The maximum absolute atomic E-state index is 5.93. The first-order valence-electron chi connectivity index (χ1n) is 8.84. The molecule has 136 valence electrons. The molecule has 1 aliphatic heterocycles. The molecule has 2 aromatic rings. The number of aryl methyl sites for hydroxylation is 1. The molecule has 1 aromatic heterocycles. The number of quaternary nitrogens is 1. The minimum absolute atomic E-state index is 0.309.